The molecule has 1 amide bonds. The van der Waals surface area contributed by atoms with Gasteiger partial charge in [0.2, 0.25) is 5.91 Å². The first-order valence-corrected chi connectivity index (χ1v) is 10.2. The minimum absolute atomic E-state index is 0.0302. The molecule has 136 valence electrons. The number of aromatic nitrogens is 2. The Labute approximate surface area is 155 Å². The minimum atomic E-state index is -1.34. The van der Waals surface area contributed by atoms with Crippen LogP contribution in [0.1, 0.15) is 17.8 Å². The Balaban J connectivity index is 1.57. The summed E-state index contributed by atoms with van der Waals surface area (Å²) in [5.41, 5.74) is 1.41. The second kappa shape index (κ2) is 7.88. The predicted octanol–water partition coefficient (Wildman–Crippen LogP) is 2.48. The number of halogens is 1. The summed E-state index contributed by atoms with van der Waals surface area (Å²) < 4.78 is 26.8. The fourth-order valence-electron chi connectivity index (χ4n) is 2.41. The molecule has 26 heavy (non-hydrogen) atoms. The lowest BCUT2D eigenvalue weighted by Crippen LogP contribution is -2.18. The number of hydrogen-bond acceptors (Lipinski definition) is 5. The van der Waals surface area contributed by atoms with Gasteiger partial charge in [0, 0.05) is 45.8 Å². The van der Waals surface area contributed by atoms with Gasteiger partial charge < -0.3 is 5.32 Å². The van der Waals surface area contributed by atoms with E-state index in [4.69, 9.17) is 0 Å². The maximum Gasteiger partial charge on any atom is 0.258 e. The van der Waals surface area contributed by atoms with E-state index < -0.39 is 16.6 Å². The normalized spacial score (nSPS) is 12.2. The Bertz CT molecular complexity index is 1050. The van der Waals surface area contributed by atoms with E-state index in [0.29, 0.717) is 16.3 Å². The summed E-state index contributed by atoms with van der Waals surface area (Å²) in [5.74, 6) is -0.550. The third-order valence-corrected chi connectivity index (χ3v) is 5.82. The average molecular weight is 393 g/mol. The van der Waals surface area contributed by atoms with E-state index >= 15 is 0 Å². The van der Waals surface area contributed by atoms with Gasteiger partial charge in [-0.15, -0.1) is 11.3 Å². The molecule has 0 spiro atoms. The van der Waals surface area contributed by atoms with Gasteiger partial charge >= 0.3 is 0 Å². The van der Waals surface area contributed by atoms with Crippen LogP contribution in [0, 0.1) is 12.7 Å². The van der Waals surface area contributed by atoms with Crippen LogP contribution in [0.25, 0.3) is 4.96 Å². The molecule has 0 radical (unpaired) electrons. The molecular formula is C17H16FN3O3S2. The number of fused-ring (bicyclic) bond motifs is 1. The fourth-order valence-corrected chi connectivity index (χ4v) is 4.33. The van der Waals surface area contributed by atoms with Gasteiger partial charge in [-0.2, -0.15) is 0 Å². The van der Waals surface area contributed by atoms with Crippen LogP contribution in [-0.2, 0) is 21.3 Å². The first kappa shape index (κ1) is 18.4. The second-order valence-electron chi connectivity index (χ2n) is 5.68. The maximum absolute atomic E-state index is 13.1. The van der Waals surface area contributed by atoms with E-state index in [2.05, 4.69) is 10.3 Å². The zero-order chi connectivity index (χ0) is 18.7. The molecule has 0 bridgehead atoms. The summed E-state index contributed by atoms with van der Waals surface area (Å²) in [5, 5.41) is 4.39. The number of hydrogen-bond donors (Lipinski definition) is 1. The molecule has 9 heteroatoms. The monoisotopic (exact) mass is 393 g/mol. The summed E-state index contributed by atoms with van der Waals surface area (Å²) >= 11 is 1.35. The SMILES string of the molecule is Cc1csc2nc(C[S@@](=O)CCC(=O)Nc3cccc(F)c3)cc(=O)n12. The van der Waals surface area contributed by atoms with Crippen LogP contribution in [0.15, 0.2) is 40.5 Å². The molecule has 2 aromatic heterocycles. The Hall–Kier alpha value is -2.39. The molecule has 1 atom stereocenters. The number of carbonyl (C=O) groups excluding carboxylic acids is 1. The molecule has 2 heterocycles. The highest BCUT2D eigenvalue weighted by atomic mass is 32.2. The Morgan fingerprint density at radius 1 is 1.38 bits per heavy atom. The van der Waals surface area contributed by atoms with E-state index in [1.165, 1.54) is 40.0 Å². The number of benzene rings is 1. The number of rotatable bonds is 6. The summed E-state index contributed by atoms with van der Waals surface area (Å²) in [4.78, 5) is 28.9. The van der Waals surface area contributed by atoms with Gasteiger partial charge in [0.15, 0.2) is 4.96 Å². The van der Waals surface area contributed by atoms with Gasteiger partial charge in [-0.1, -0.05) is 6.07 Å². The van der Waals surface area contributed by atoms with E-state index in [-0.39, 0.29) is 29.4 Å². The molecule has 1 aromatic carbocycles. The quantitative estimate of drug-likeness (QED) is 0.698. The zero-order valence-corrected chi connectivity index (χ0v) is 15.5. The second-order valence-corrected chi connectivity index (χ2v) is 8.09. The summed E-state index contributed by atoms with van der Waals surface area (Å²) in [6, 6.07) is 6.94. The van der Waals surface area contributed by atoms with Crippen molar-refractivity contribution in [2.24, 2.45) is 0 Å². The van der Waals surface area contributed by atoms with Crippen LogP contribution in [0.4, 0.5) is 10.1 Å². The Kier molecular flexibility index (Phi) is 5.58. The van der Waals surface area contributed by atoms with Crippen molar-refractivity contribution in [3.63, 3.8) is 0 Å². The van der Waals surface area contributed by atoms with Crippen LogP contribution in [0.2, 0.25) is 0 Å². The first-order chi connectivity index (χ1) is 12.4. The lowest BCUT2D eigenvalue weighted by molar-refractivity contribution is -0.115. The molecule has 0 aliphatic rings. The molecule has 6 nitrogen and oxygen atoms in total. The molecule has 0 saturated carbocycles. The van der Waals surface area contributed by atoms with Gasteiger partial charge in [-0.25, -0.2) is 9.37 Å². The van der Waals surface area contributed by atoms with Crippen molar-refractivity contribution in [1.29, 1.82) is 0 Å². The third-order valence-electron chi connectivity index (χ3n) is 3.60. The van der Waals surface area contributed by atoms with Crippen LogP contribution in [0.3, 0.4) is 0 Å². The Morgan fingerprint density at radius 2 is 2.19 bits per heavy atom. The molecule has 0 saturated heterocycles. The van der Waals surface area contributed by atoms with Crippen LogP contribution < -0.4 is 10.9 Å². The van der Waals surface area contributed by atoms with Gasteiger partial charge in [0.05, 0.1) is 11.4 Å². The zero-order valence-electron chi connectivity index (χ0n) is 13.9. The van der Waals surface area contributed by atoms with Crippen molar-refractivity contribution in [1.82, 2.24) is 9.38 Å². The van der Waals surface area contributed by atoms with E-state index in [1.807, 2.05) is 12.3 Å². The topological polar surface area (TPSA) is 80.5 Å². The first-order valence-electron chi connectivity index (χ1n) is 7.79. The number of carbonyl (C=O) groups is 1. The van der Waals surface area contributed by atoms with Crippen LogP contribution in [-0.4, -0.2) is 25.3 Å². The molecule has 0 aliphatic heterocycles. The van der Waals surface area contributed by atoms with E-state index in [0.717, 1.165) is 5.69 Å². The number of aryl methyl sites for hydroxylation is 1. The molecule has 1 N–H and O–H groups in total. The van der Waals surface area contributed by atoms with Crippen LogP contribution in [0.5, 0.6) is 0 Å². The molecule has 3 rings (SSSR count). The molecular weight excluding hydrogens is 377 g/mol. The van der Waals surface area contributed by atoms with Crippen molar-refractivity contribution < 1.29 is 13.4 Å². The predicted molar refractivity (Wildman–Crippen MR) is 100 cm³/mol. The van der Waals surface area contributed by atoms with Crippen molar-refractivity contribution >= 4 is 38.7 Å². The molecule has 3 aromatic rings. The lowest BCUT2D eigenvalue weighted by Gasteiger charge is -2.06. The van der Waals surface area contributed by atoms with Crippen molar-refractivity contribution in [3.8, 4) is 0 Å². The summed E-state index contributed by atoms with van der Waals surface area (Å²) in [6.07, 6.45) is 0.0302. The van der Waals surface area contributed by atoms with Gasteiger partial charge in [0.1, 0.15) is 5.82 Å². The smallest absolute Gasteiger partial charge is 0.258 e. The van der Waals surface area contributed by atoms with E-state index in [9.17, 15) is 18.2 Å². The van der Waals surface area contributed by atoms with Gasteiger partial charge in [-0.3, -0.25) is 18.2 Å². The fraction of sp³-hybridized carbons (Fsp3) is 0.235. The van der Waals surface area contributed by atoms with Crippen molar-refractivity contribution in [2.45, 2.75) is 19.1 Å². The maximum atomic E-state index is 13.1. The number of nitrogens with zero attached hydrogens (tertiary/aromatic N) is 2. The number of nitrogens with one attached hydrogen (secondary N) is 1. The molecule has 0 fully saturated rings. The van der Waals surface area contributed by atoms with Gasteiger partial charge in [0.25, 0.3) is 5.56 Å². The standard InChI is InChI=1S/C17H16FN3O3S2/c1-11-9-25-17-20-14(8-16(23)21(11)17)10-26(24)6-5-15(22)19-13-4-2-3-12(18)7-13/h2-4,7-9H,5-6,10H2,1H3,(H,19,22)/t26-/m0/s1. The minimum Gasteiger partial charge on any atom is -0.326 e. The Morgan fingerprint density at radius 3 is 2.96 bits per heavy atom. The summed E-state index contributed by atoms with van der Waals surface area (Å²) in [6.45, 7) is 1.82. The van der Waals surface area contributed by atoms with E-state index in [1.54, 1.807) is 6.07 Å². The van der Waals surface area contributed by atoms with Crippen LogP contribution >= 0.6 is 11.3 Å². The lowest BCUT2D eigenvalue weighted by atomic mass is 10.3. The van der Waals surface area contributed by atoms with Crippen molar-refractivity contribution in [2.75, 3.05) is 11.1 Å². The molecule has 0 unspecified atom stereocenters. The highest BCUT2D eigenvalue weighted by molar-refractivity contribution is 7.84. The number of amides is 1. The highest BCUT2D eigenvalue weighted by Gasteiger charge is 2.11. The highest BCUT2D eigenvalue weighted by Crippen LogP contribution is 2.13. The number of anilines is 1. The average Bonchev–Trinajstić information content (AvgIpc) is 2.94. The number of thiazole rings is 1. The largest absolute Gasteiger partial charge is 0.326 e. The van der Waals surface area contributed by atoms with Crippen molar-refractivity contribution in [3.05, 3.63) is 63.3 Å². The molecule has 0 aliphatic carbocycles. The third kappa shape index (κ3) is 4.41. The van der Waals surface area contributed by atoms with Gasteiger partial charge in [-0.05, 0) is 25.1 Å². The summed E-state index contributed by atoms with van der Waals surface area (Å²) in [7, 11) is -1.34.